The third kappa shape index (κ3) is 4.04. The highest BCUT2D eigenvalue weighted by molar-refractivity contribution is 6.32. The smallest absolute Gasteiger partial charge is 0.229 e. The molecule has 0 radical (unpaired) electrons. The van der Waals surface area contributed by atoms with Gasteiger partial charge in [0.1, 0.15) is 17.2 Å². The van der Waals surface area contributed by atoms with Crippen molar-refractivity contribution in [1.29, 1.82) is 5.41 Å². The molecule has 2 aliphatic heterocycles. The number of hydrogen-bond acceptors (Lipinski definition) is 4. The predicted molar refractivity (Wildman–Crippen MR) is 124 cm³/mol. The van der Waals surface area contributed by atoms with Crippen LogP contribution in [0.15, 0.2) is 42.7 Å². The summed E-state index contributed by atoms with van der Waals surface area (Å²) < 4.78 is 21.4. The Morgan fingerprint density at radius 3 is 2.82 bits per heavy atom. The number of amidine groups is 1. The molecule has 2 aromatic heterocycles. The van der Waals surface area contributed by atoms with Gasteiger partial charge in [0, 0.05) is 55.2 Å². The van der Waals surface area contributed by atoms with Crippen LogP contribution >= 0.6 is 11.6 Å². The number of nitrogens with zero attached hydrogens (tertiary/aromatic N) is 3. The second-order valence-electron chi connectivity index (χ2n) is 9.28. The molecule has 1 aromatic carbocycles. The molecule has 1 N–H and O–H groups in total. The maximum Gasteiger partial charge on any atom is 0.229 e. The Morgan fingerprint density at radius 2 is 2.06 bits per heavy atom. The van der Waals surface area contributed by atoms with Crippen LogP contribution in [0, 0.1) is 11.2 Å². The highest BCUT2D eigenvalue weighted by atomic mass is 35.5. The Bertz CT molecular complexity index is 1220. The summed E-state index contributed by atoms with van der Waals surface area (Å²) >= 11 is 6.87. The Hall–Kier alpha value is -2.77. The number of nitrogens with one attached hydrogen (secondary N) is 1. The maximum absolute atomic E-state index is 14.4. The van der Waals surface area contributed by atoms with Gasteiger partial charge >= 0.3 is 0 Å². The number of ether oxygens (including phenoxy) is 1. The Kier molecular flexibility index (Phi) is 5.70. The van der Waals surface area contributed by atoms with Crippen LogP contribution in [0.2, 0.25) is 5.02 Å². The van der Waals surface area contributed by atoms with E-state index in [0.29, 0.717) is 48.9 Å². The second-order valence-corrected chi connectivity index (χ2v) is 9.66. The van der Waals surface area contributed by atoms with E-state index in [0.717, 1.165) is 29.5 Å². The standard InChI is InChI=1S/C25H26ClFN4O2/c1-25(13-22(28)31(23(32)14-25)18-6-9-33-10-7-18)19-4-2-3-17(24(19)26)11-16-12-20(27)21-5-8-29-30(21)15-16/h2-5,8,12,15,18,28H,6-7,9-11,13-14H2,1H3/t25-/m0/s1. The van der Waals surface area contributed by atoms with Gasteiger partial charge in [-0.1, -0.05) is 36.7 Å². The first kappa shape index (κ1) is 22.0. The number of piperidine rings is 1. The molecule has 5 rings (SSSR count). The molecule has 6 nitrogen and oxygen atoms in total. The van der Waals surface area contributed by atoms with Crippen LogP contribution in [0.4, 0.5) is 4.39 Å². The highest BCUT2D eigenvalue weighted by Gasteiger charge is 2.43. The minimum absolute atomic E-state index is 0.0340. The summed E-state index contributed by atoms with van der Waals surface area (Å²) in [7, 11) is 0. The summed E-state index contributed by atoms with van der Waals surface area (Å²) in [6.07, 6.45) is 6.06. The third-order valence-corrected chi connectivity index (χ3v) is 7.30. The van der Waals surface area contributed by atoms with Crippen molar-refractivity contribution in [2.45, 2.75) is 50.5 Å². The fourth-order valence-electron chi connectivity index (χ4n) is 5.18. The van der Waals surface area contributed by atoms with Crippen molar-refractivity contribution < 1.29 is 13.9 Å². The lowest BCUT2D eigenvalue weighted by molar-refractivity contribution is -0.133. The van der Waals surface area contributed by atoms with Crippen molar-refractivity contribution in [3.05, 3.63) is 70.3 Å². The van der Waals surface area contributed by atoms with Gasteiger partial charge in [0.05, 0.1) is 6.20 Å². The van der Waals surface area contributed by atoms with E-state index < -0.39 is 5.41 Å². The summed E-state index contributed by atoms with van der Waals surface area (Å²) in [6.45, 7) is 3.25. The summed E-state index contributed by atoms with van der Waals surface area (Å²) in [5, 5.41) is 13.4. The molecule has 2 aliphatic rings. The first-order valence-electron chi connectivity index (χ1n) is 11.2. The maximum atomic E-state index is 14.4. The number of aromatic nitrogens is 2. The van der Waals surface area contributed by atoms with E-state index in [1.165, 1.54) is 10.6 Å². The number of pyridine rings is 1. The molecule has 0 saturated carbocycles. The largest absolute Gasteiger partial charge is 0.381 e. The fraction of sp³-hybridized carbons (Fsp3) is 0.400. The number of benzene rings is 1. The number of carbonyl (C=O) groups excluding carboxylic acids is 1. The predicted octanol–water partition coefficient (Wildman–Crippen LogP) is 4.75. The van der Waals surface area contributed by atoms with Gasteiger partial charge in [-0.25, -0.2) is 8.91 Å². The Morgan fingerprint density at radius 1 is 1.27 bits per heavy atom. The van der Waals surface area contributed by atoms with Crippen LogP contribution in [0.25, 0.3) is 5.52 Å². The third-order valence-electron chi connectivity index (χ3n) is 6.85. The number of halogens is 2. The van der Waals surface area contributed by atoms with Crippen LogP contribution in [0.5, 0.6) is 0 Å². The molecule has 0 unspecified atom stereocenters. The minimum atomic E-state index is -0.569. The number of carbonyl (C=O) groups is 1. The zero-order chi connectivity index (χ0) is 23.2. The van der Waals surface area contributed by atoms with E-state index in [2.05, 4.69) is 5.10 Å². The summed E-state index contributed by atoms with van der Waals surface area (Å²) in [5.41, 5.74) is 2.32. The van der Waals surface area contributed by atoms with Crippen LogP contribution < -0.4 is 0 Å². The first-order valence-corrected chi connectivity index (χ1v) is 11.6. The second kappa shape index (κ2) is 8.54. The molecular weight excluding hydrogens is 443 g/mol. The average molecular weight is 469 g/mol. The van der Waals surface area contributed by atoms with Gasteiger partial charge in [-0.3, -0.25) is 15.1 Å². The molecule has 0 spiro atoms. The van der Waals surface area contributed by atoms with Crippen LogP contribution in [0.3, 0.4) is 0 Å². The topological polar surface area (TPSA) is 70.7 Å². The molecule has 0 aliphatic carbocycles. The van der Waals surface area contributed by atoms with Crippen LogP contribution in [-0.2, 0) is 21.4 Å². The molecule has 8 heteroatoms. The van der Waals surface area contributed by atoms with Gasteiger partial charge in [0.15, 0.2) is 0 Å². The summed E-state index contributed by atoms with van der Waals surface area (Å²) in [5.74, 6) is -0.0228. The molecule has 1 atom stereocenters. The number of likely N-dealkylation sites (tertiary alicyclic amines) is 1. The fourth-order valence-corrected chi connectivity index (χ4v) is 5.60. The normalized spacial score (nSPS) is 22.3. The molecule has 4 heterocycles. The lowest BCUT2D eigenvalue weighted by Crippen LogP contribution is -2.54. The molecular formula is C25H26ClFN4O2. The van der Waals surface area contributed by atoms with Gasteiger partial charge in [-0.05, 0) is 41.7 Å². The first-order chi connectivity index (χ1) is 15.9. The molecule has 0 bridgehead atoms. The van der Waals surface area contributed by atoms with Gasteiger partial charge in [-0.2, -0.15) is 5.10 Å². The van der Waals surface area contributed by atoms with Crippen molar-refractivity contribution in [2.75, 3.05) is 13.2 Å². The lowest BCUT2D eigenvalue weighted by Gasteiger charge is -2.44. The van der Waals surface area contributed by atoms with Gasteiger partial charge in [0.25, 0.3) is 0 Å². The number of hydrogen-bond donors (Lipinski definition) is 1. The van der Waals surface area contributed by atoms with Gasteiger partial charge in [0.2, 0.25) is 5.91 Å². The number of rotatable bonds is 4. The van der Waals surface area contributed by atoms with E-state index in [1.807, 2.05) is 25.1 Å². The van der Waals surface area contributed by atoms with Crippen molar-refractivity contribution in [3.63, 3.8) is 0 Å². The van der Waals surface area contributed by atoms with E-state index >= 15 is 0 Å². The van der Waals surface area contributed by atoms with E-state index in [1.54, 1.807) is 23.4 Å². The van der Waals surface area contributed by atoms with Crippen molar-refractivity contribution in [2.24, 2.45) is 0 Å². The molecule has 3 aromatic rings. The SMILES string of the molecule is C[C@]1(c2cccc(Cc3cc(F)c4ccnn4c3)c2Cl)CC(=N)N(C2CCOCC2)C(=O)C1. The Balaban J connectivity index is 1.42. The molecule has 172 valence electrons. The molecule has 1 amide bonds. The quantitative estimate of drug-likeness (QED) is 0.600. The average Bonchev–Trinajstić information content (AvgIpc) is 3.24. The Labute approximate surface area is 196 Å². The van der Waals surface area contributed by atoms with E-state index in [4.69, 9.17) is 21.7 Å². The highest BCUT2D eigenvalue weighted by Crippen LogP contribution is 2.42. The van der Waals surface area contributed by atoms with E-state index in [9.17, 15) is 9.18 Å². The number of fused-ring (bicyclic) bond motifs is 1. The van der Waals surface area contributed by atoms with Crippen LogP contribution in [-0.4, -0.2) is 45.5 Å². The van der Waals surface area contributed by atoms with Crippen LogP contribution in [0.1, 0.15) is 49.3 Å². The summed E-state index contributed by atoms with van der Waals surface area (Å²) in [6, 6.07) is 8.96. The monoisotopic (exact) mass is 468 g/mol. The zero-order valence-corrected chi connectivity index (χ0v) is 19.2. The van der Waals surface area contributed by atoms with Crippen molar-refractivity contribution >= 4 is 28.9 Å². The zero-order valence-electron chi connectivity index (χ0n) is 18.5. The minimum Gasteiger partial charge on any atom is -0.381 e. The van der Waals surface area contributed by atoms with Crippen molar-refractivity contribution in [3.8, 4) is 0 Å². The molecule has 33 heavy (non-hydrogen) atoms. The van der Waals surface area contributed by atoms with Gasteiger partial charge in [-0.15, -0.1) is 0 Å². The van der Waals surface area contributed by atoms with Crippen molar-refractivity contribution in [1.82, 2.24) is 14.5 Å². The molecule has 2 saturated heterocycles. The van der Waals surface area contributed by atoms with E-state index in [-0.39, 0.29) is 17.8 Å². The summed E-state index contributed by atoms with van der Waals surface area (Å²) in [4.78, 5) is 14.8. The molecule has 2 fully saturated rings. The number of amides is 1. The van der Waals surface area contributed by atoms with Gasteiger partial charge < -0.3 is 4.74 Å². The lowest BCUT2D eigenvalue weighted by atomic mass is 9.72.